The van der Waals surface area contributed by atoms with Gasteiger partial charge in [0, 0.05) is 29.7 Å². The molecule has 2 heterocycles. The van der Waals surface area contributed by atoms with Gasteiger partial charge >= 0.3 is 0 Å². The molecule has 1 fully saturated rings. The van der Waals surface area contributed by atoms with Crippen LogP contribution in [0.1, 0.15) is 18.4 Å². The zero-order valence-corrected chi connectivity index (χ0v) is 16.6. The van der Waals surface area contributed by atoms with Crippen LogP contribution in [-0.2, 0) is 11.3 Å². The van der Waals surface area contributed by atoms with E-state index in [1.54, 1.807) is 22.9 Å². The second-order valence-corrected chi connectivity index (χ2v) is 7.98. The minimum Gasteiger partial charge on any atom is -0.326 e. The summed E-state index contributed by atoms with van der Waals surface area (Å²) in [5.74, 6) is -1.82. The number of nitrogens with zero attached hydrogens (tertiary/aromatic N) is 2. The molecule has 0 unspecified atom stereocenters. The summed E-state index contributed by atoms with van der Waals surface area (Å²) in [6.45, 7) is 1.94. The topological polar surface area (TPSA) is 45.2 Å². The molecule has 0 spiro atoms. The predicted molar refractivity (Wildman–Crippen MR) is 111 cm³/mol. The molecule has 0 saturated carbocycles. The molecule has 1 amide bonds. The molecule has 0 aliphatic carbocycles. The summed E-state index contributed by atoms with van der Waals surface area (Å²) < 4.78 is 26.6. The lowest BCUT2D eigenvalue weighted by molar-refractivity contribution is -0.121. The van der Waals surface area contributed by atoms with Crippen LogP contribution in [0.25, 0.3) is 11.3 Å². The molecule has 1 aromatic heterocycles. The maximum Gasteiger partial charge on any atom is 0.228 e. The van der Waals surface area contributed by atoms with Crippen LogP contribution in [0.3, 0.4) is 0 Å². The summed E-state index contributed by atoms with van der Waals surface area (Å²) in [6.07, 6.45) is 1.71. The van der Waals surface area contributed by atoms with Gasteiger partial charge in [-0.05, 0) is 49.2 Å². The van der Waals surface area contributed by atoms with E-state index in [0.717, 1.165) is 42.4 Å². The SMILES string of the molecule is O=C(Nc1ccc(-c2cscn2)cc1)[C@@H]1CCCN(Cc2ccc(F)c(F)c2)C1. The van der Waals surface area contributed by atoms with Gasteiger partial charge in [0.1, 0.15) is 0 Å². The van der Waals surface area contributed by atoms with Gasteiger partial charge in [-0.1, -0.05) is 18.2 Å². The Kier molecular flexibility index (Phi) is 5.97. The maximum atomic E-state index is 13.4. The van der Waals surface area contributed by atoms with E-state index in [4.69, 9.17) is 0 Å². The van der Waals surface area contributed by atoms with Gasteiger partial charge in [-0.15, -0.1) is 11.3 Å². The molecule has 1 aliphatic rings. The van der Waals surface area contributed by atoms with E-state index < -0.39 is 11.6 Å². The number of halogens is 2. The Labute approximate surface area is 172 Å². The highest BCUT2D eigenvalue weighted by Gasteiger charge is 2.26. The lowest BCUT2D eigenvalue weighted by atomic mass is 9.96. The van der Waals surface area contributed by atoms with E-state index in [0.29, 0.717) is 18.7 Å². The zero-order chi connectivity index (χ0) is 20.2. The van der Waals surface area contributed by atoms with Gasteiger partial charge in [-0.25, -0.2) is 13.8 Å². The lowest BCUT2D eigenvalue weighted by Crippen LogP contribution is -2.40. The fraction of sp³-hybridized carbons (Fsp3) is 0.273. The number of hydrogen-bond acceptors (Lipinski definition) is 4. The van der Waals surface area contributed by atoms with Gasteiger partial charge in [0.2, 0.25) is 5.91 Å². The summed E-state index contributed by atoms with van der Waals surface area (Å²) in [5, 5.41) is 4.98. The van der Waals surface area contributed by atoms with Crippen LogP contribution < -0.4 is 5.32 Å². The first-order valence-electron chi connectivity index (χ1n) is 9.54. The molecule has 150 valence electrons. The number of rotatable bonds is 5. The summed E-state index contributed by atoms with van der Waals surface area (Å²) in [6, 6.07) is 11.6. The average molecular weight is 413 g/mol. The van der Waals surface area contributed by atoms with Crippen molar-refractivity contribution in [2.75, 3.05) is 18.4 Å². The zero-order valence-electron chi connectivity index (χ0n) is 15.8. The number of nitrogens with one attached hydrogen (secondary N) is 1. The third-order valence-electron chi connectivity index (χ3n) is 5.15. The molecule has 1 atom stereocenters. The van der Waals surface area contributed by atoms with E-state index in [-0.39, 0.29) is 11.8 Å². The summed E-state index contributed by atoms with van der Waals surface area (Å²) in [4.78, 5) is 19.1. The number of benzene rings is 2. The van der Waals surface area contributed by atoms with Crippen LogP contribution >= 0.6 is 11.3 Å². The third-order valence-corrected chi connectivity index (χ3v) is 5.73. The lowest BCUT2D eigenvalue weighted by Gasteiger charge is -2.32. The van der Waals surface area contributed by atoms with Crippen molar-refractivity contribution < 1.29 is 13.6 Å². The Bertz CT molecular complexity index is 976. The van der Waals surface area contributed by atoms with Crippen molar-refractivity contribution in [3.05, 3.63) is 70.6 Å². The predicted octanol–water partition coefficient (Wildman–Crippen LogP) is 4.94. The number of likely N-dealkylation sites (tertiary alicyclic amines) is 1. The highest BCUT2D eigenvalue weighted by atomic mass is 32.1. The van der Waals surface area contributed by atoms with Crippen LogP contribution in [0, 0.1) is 17.6 Å². The van der Waals surface area contributed by atoms with E-state index in [1.807, 2.05) is 29.6 Å². The highest BCUT2D eigenvalue weighted by Crippen LogP contribution is 2.24. The molecule has 1 saturated heterocycles. The minimum atomic E-state index is -0.842. The molecule has 29 heavy (non-hydrogen) atoms. The number of carbonyl (C=O) groups is 1. The number of thiazole rings is 1. The Morgan fingerprint density at radius 1 is 1.17 bits per heavy atom. The van der Waals surface area contributed by atoms with Crippen molar-refractivity contribution in [3.63, 3.8) is 0 Å². The van der Waals surface area contributed by atoms with Crippen LogP contribution in [0.5, 0.6) is 0 Å². The van der Waals surface area contributed by atoms with Crippen molar-refractivity contribution in [3.8, 4) is 11.3 Å². The third kappa shape index (κ3) is 4.86. The maximum absolute atomic E-state index is 13.4. The Balaban J connectivity index is 1.35. The fourth-order valence-corrected chi connectivity index (χ4v) is 4.19. The second-order valence-electron chi connectivity index (χ2n) is 7.26. The van der Waals surface area contributed by atoms with Gasteiger partial charge < -0.3 is 5.32 Å². The normalized spacial score (nSPS) is 17.2. The highest BCUT2D eigenvalue weighted by molar-refractivity contribution is 7.07. The molecule has 7 heteroatoms. The number of hydrogen-bond donors (Lipinski definition) is 1. The van der Waals surface area contributed by atoms with Crippen LogP contribution in [0.4, 0.5) is 14.5 Å². The number of carbonyl (C=O) groups excluding carboxylic acids is 1. The number of amides is 1. The summed E-state index contributed by atoms with van der Waals surface area (Å²) >= 11 is 1.55. The van der Waals surface area contributed by atoms with Crippen LogP contribution in [0.15, 0.2) is 53.4 Å². The number of aromatic nitrogens is 1. The fourth-order valence-electron chi connectivity index (χ4n) is 3.63. The minimum absolute atomic E-state index is 0.0126. The quantitative estimate of drug-likeness (QED) is 0.645. The molecule has 2 aromatic carbocycles. The molecule has 4 rings (SSSR count). The Hall–Kier alpha value is -2.64. The Morgan fingerprint density at radius 2 is 2.00 bits per heavy atom. The van der Waals surface area contributed by atoms with Gasteiger partial charge in [0.15, 0.2) is 11.6 Å². The van der Waals surface area contributed by atoms with Crippen LogP contribution in [-0.4, -0.2) is 28.9 Å². The standard InChI is InChI=1S/C22H21F2N3OS/c23-19-8-3-15(10-20(19)24)11-27-9-1-2-17(12-27)22(28)26-18-6-4-16(5-7-18)21-13-29-14-25-21/h3-8,10,13-14,17H,1-2,9,11-12H2,(H,26,28)/t17-/m1/s1. The molecule has 0 bridgehead atoms. The average Bonchev–Trinajstić information content (AvgIpc) is 3.26. The van der Waals surface area contributed by atoms with Gasteiger partial charge in [-0.2, -0.15) is 0 Å². The largest absolute Gasteiger partial charge is 0.326 e. The molecular weight excluding hydrogens is 392 g/mol. The first-order valence-corrected chi connectivity index (χ1v) is 10.5. The van der Waals surface area contributed by atoms with Crippen molar-refractivity contribution in [2.45, 2.75) is 19.4 Å². The van der Waals surface area contributed by atoms with E-state index in [2.05, 4.69) is 15.2 Å². The van der Waals surface area contributed by atoms with Crippen LogP contribution in [0.2, 0.25) is 0 Å². The van der Waals surface area contributed by atoms with E-state index in [1.165, 1.54) is 6.07 Å². The van der Waals surface area contributed by atoms with Crippen molar-refractivity contribution >= 4 is 22.9 Å². The molecular formula is C22H21F2N3OS. The van der Waals surface area contributed by atoms with Crippen molar-refractivity contribution in [1.82, 2.24) is 9.88 Å². The van der Waals surface area contributed by atoms with Crippen molar-refractivity contribution in [2.24, 2.45) is 5.92 Å². The first-order chi connectivity index (χ1) is 14.1. The van der Waals surface area contributed by atoms with Crippen molar-refractivity contribution in [1.29, 1.82) is 0 Å². The Morgan fingerprint density at radius 3 is 2.72 bits per heavy atom. The molecule has 0 radical (unpaired) electrons. The van der Waals surface area contributed by atoms with E-state index in [9.17, 15) is 13.6 Å². The summed E-state index contributed by atoms with van der Waals surface area (Å²) in [7, 11) is 0. The first kappa shape index (κ1) is 19.7. The molecule has 1 aliphatic heterocycles. The molecule has 4 nitrogen and oxygen atoms in total. The smallest absolute Gasteiger partial charge is 0.228 e. The van der Waals surface area contributed by atoms with Gasteiger partial charge in [0.05, 0.1) is 17.1 Å². The second kappa shape index (κ2) is 8.80. The molecule has 3 aromatic rings. The summed E-state index contributed by atoms with van der Waals surface area (Å²) in [5.41, 5.74) is 5.20. The van der Waals surface area contributed by atoms with E-state index >= 15 is 0 Å². The number of anilines is 1. The monoisotopic (exact) mass is 413 g/mol. The van der Waals surface area contributed by atoms with Gasteiger partial charge in [-0.3, -0.25) is 9.69 Å². The number of piperidine rings is 1. The van der Waals surface area contributed by atoms with Gasteiger partial charge in [0.25, 0.3) is 0 Å². The molecule has 1 N–H and O–H groups in total.